The fraction of sp³-hybridized carbons (Fsp3) is 0.222. The zero-order chi connectivity index (χ0) is 27.6. The SMILES string of the molecule is CC(C)c1ccc(NC(=O)CN(C(=O)c2ccccc2)c2ccccc2)cc1CN.O=C(O)C(F)(F)F. The largest absolute Gasteiger partial charge is 0.490 e. The van der Waals surface area contributed by atoms with Gasteiger partial charge in [0.1, 0.15) is 6.54 Å². The average Bonchev–Trinajstić information content (AvgIpc) is 2.87. The summed E-state index contributed by atoms with van der Waals surface area (Å²) in [6.07, 6.45) is -5.08. The molecule has 0 aromatic heterocycles. The number of nitrogens with zero attached hydrogens (tertiary/aromatic N) is 1. The number of aliphatic carboxylic acids is 1. The van der Waals surface area contributed by atoms with E-state index in [1.165, 1.54) is 10.5 Å². The Hall–Kier alpha value is -4.18. The molecule has 0 fully saturated rings. The molecule has 0 aliphatic carbocycles. The van der Waals surface area contributed by atoms with Gasteiger partial charge in [-0.3, -0.25) is 14.5 Å². The van der Waals surface area contributed by atoms with Crippen molar-refractivity contribution in [3.63, 3.8) is 0 Å². The summed E-state index contributed by atoms with van der Waals surface area (Å²) in [4.78, 5) is 36.3. The third-order valence-corrected chi connectivity index (χ3v) is 5.15. The zero-order valence-electron chi connectivity index (χ0n) is 20.3. The molecule has 196 valence electrons. The van der Waals surface area contributed by atoms with Gasteiger partial charge in [0.05, 0.1) is 0 Å². The number of halogens is 3. The second-order valence-electron chi connectivity index (χ2n) is 8.22. The standard InChI is InChI=1S/C25H27N3O2.C2HF3O2/c1-18(2)23-14-13-21(15-20(23)16-26)27-24(29)17-28(22-11-7-4-8-12-22)25(30)19-9-5-3-6-10-19;3-2(4,5)1(6)7/h3-15,18H,16-17,26H2,1-2H3,(H,27,29);(H,6,7). The van der Waals surface area contributed by atoms with Crippen molar-refractivity contribution in [2.45, 2.75) is 32.5 Å². The number of rotatable bonds is 7. The van der Waals surface area contributed by atoms with Crippen molar-refractivity contribution in [1.29, 1.82) is 0 Å². The normalized spacial score (nSPS) is 10.8. The molecular formula is C27H28F3N3O4. The van der Waals surface area contributed by atoms with Crippen LogP contribution in [0.1, 0.15) is 41.3 Å². The second kappa shape index (κ2) is 13.2. The molecule has 10 heteroatoms. The molecule has 7 nitrogen and oxygen atoms in total. The predicted molar refractivity (Wildman–Crippen MR) is 135 cm³/mol. The highest BCUT2D eigenvalue weighted by Crippen LogP contribution is 2.23. The molecule has 2 amide bonds. The summed E-state index contributed by atoms with van der Waals surface area (Å²) in [5, 5.41) is 10.0. The van der Waals surface area contributed by atoms with Gasteiger partial charge in [0.25, 0.3) is 5.91 Å². The molecule has 0 spiro atoms. The summed E-state index contributed by atoms with van der Waals surface area (Å²) in [7, 11) is 0. The number of hydrogen-bond acceptors (Lipinski definition) is 4. The number of anilines is 2. The number of carbonyl (C=O) groups excluding carboxylic acids is 2. The summed E-state index contributed by atoms with van der Waals surface area (Å²) in [5.74, 6) is -2.91. The van der Waals surface area contributed by atoms with Crippen LogP contribution in [0, 0.1) is 0 Å². The Balaban J connectivity index is 0.000000604. The highest BCUT2D eigenvalue weighted by atomic mass is 19.4. The van der Waals surface area contributed by atoms with E-state index < -0.39 is 12.1 Å². The van der Waals surface area contributed by atoms with Crippen LogP contribution in [0.5, 0.6) is 0 Å². The van der Waals surface area contributed by atoms with Gasteiger partial charge in [0, 0.05) is 23.5 Å². The lowest BCUT2D eigenvalue weighted by Crippen LogP contribution is -2.38. The average molecular weight is 516 g/mol. The van der Waals surface area contributed by atoms with Crippen LogP contribution in [-0.2, 0) is 16.1 Å². The van der Waals surface area contributed by atoms with Gasteiger partial charge >= 0.3 is 12.1 Å². The molecule has 0 atom stereocenters. The van der Waals surface area contributed by atoms with Crippen LogP contribution in [0.2, 0.25) is 0 Å². The van der Waals surface area contributed by atoms with Crippen LogP contribution in [-0.4, -0.2) is 35.6 Å². The minimum Gasteiger partial charge on any atom is -0.475 e. The number of alkyl halides is 3. The molecule has 0 heterocycles. The van der Waals surface area contributed by atoms with Crippen molar-refractivity contribution >= 4 is 29.2 Å². The van der Waals surface area contributed by atoms with E-state index in [2.05, 4.69) is 19.2 Å². The topological polar surface area (TPSA) is 113 Å². The number of benzene rings is 3. The molecular weight excluding hydrogens is 487 g/mol. The van der Waals surface area contributed by atoms with E-state index in [1.807, 2.05) is 54.6 Å². The van der Waals surface area contributed by atoms with Crippen LogP contribution in [0.25, 0.3) is 0 Å². The van der Waals surface area contributed by atoms with Gasteiger partial charge in [-0.25, -0.2) is 4.79 Å². The number of nitrogens with two attached hydrogens (primary N) is 1. The van der Waals surface area contributed by atoms with Gasteiger partial charge < -0.3 is 16.2 Å². The zero-order valence-corrected chi connectivity index (χ0v) is 20.3. The summed E-state index contributed by atoms with van der Waals surface area (Å²) < 4.78 is 31.7. The fourth-order valence-electron chi connectivity index (χ4n) is 3.39. The lowest BCUT2D eigenvalue weighted by atomic mass is 9.96. The van der Waals surface area contributed by atoms with Crippen LogP contribution in [0.3, 0.4) is 0 Å². The molecule has 3 aromatic carbocycles. The lowest BCUT2D eigenvalue weighted by molar-refractivity contribution is -0.192. The molecule has 0 radical (unpaired) electrons. The first-order valence-corrected chi connectivity index (χ1v) is 11.3. The summed E-state index contributed by atoms with van der Waals surface area (Å²) in [5.41, 5.74) is 9.92. The minimum absolute atomic E-state index is 0.0956. The monoisotopic (exact) mass is 515 g/mol. The van der Waals surface area contributed by atoms with Gasteiger partial charge in [-0.1, -0.05) is 56.3 Å². The van der Waals surface area contributed by atoms with E-state index in [9.17, 15) is 22.8 Å². The number of para-hydroxylation sites is 1. The molecule has 0 unspecified atom stereocenters. The van der Waals surface area contributed by atoms with Gasteiger partial charge in [-0.2, -0.15) is 13.2 Å². The fourth-order valence-corrected chi connectivity index (χ4v) is 3.39. The van der Waals surface area contributed by atoms with Gasteiger partial charge in [-0.15, -0.1) is 0 Å². The highest BCUT2D eigenvalue weighted by Gasteiger charge is 2.38. The number of carboxylic acids is 1. The Morgan fingerprint density at radius 2 is 1.49 bits per heavy atom. The Kier molecular flexibility index (Phi) is 10.4. The third kappa shape index (κ3) is 8.76. The maximum Gasteiger partial charge on any atom is 0.490 e. The smallest absolute Gasteiger partial charge is 0.475 e. The van der Waals surface area contributed by atoms with Gasteiger partial charge in [-0.05, 0) is 53.4 Å². The van der Waals surface area contributed by atoms with E-state index in [-0.39, 0.29) is 18.4 Å². The van der Waals surface area contributed by atoms with Crippen LogP contribution >= 0.6 is 0 Å². The molecule has 37 heavy (non-hydrogen) atoms. The molecule has 0 aliphatic rings. The number of carboxylic acid groups (broad SMARTS) is 1. The van der Waals surface area contributed by atoms with Crippen LogP contribution < -0.4 is 16.0 Å². The molecule has 4 N–H and O–H groups in total. The van der Waals surface area contributed by atoms with Crippen molar-refractivity contribution < 1.29 is 32.7 Å². The van der Waals surface area contributed by atoms with Gasteiger partial charge in [0.2, 0.25) is 5.91 Å². The number of carbonyl (C=O) groups is 3. The number of hydrogen-bond donors (Lipinski definition) is 3. The Morgan fingerprint density at radius 3 is 1.97 bits per heavy atom. The Labute approximate surface area is 212 Å². The lowest BCUT2D eigenvalue weighted by Gasteiger charge is -2.23. The van der Waals surface area contributed by atoms with Crippen molar-refractivity contribution in [3.05, 3.63) is 95.6 Å². The molecule has 0 saturated carbocycles. The molecule has 0 saturated heterocycles. The van der Waals surface area contributed by atoms with E-state index in [0.29, 0.717) is 29.4 Å². The maximum atomic E-state index is 13.1. The summed E-state index contributed by atoms with van der Waals surface area (Å²) in [6.45, 7) is 4.53. The Morgan fingerprint density at radius 1 is 0.946 bits per heavy atom. The quantitative estimate of drug-likeness (QED) is 0.401. The van der Waals surface area contributed by atoms with E-state index in [4.69, 9.17) is 15.6 Å². The van der Waals surface area contributed by atoms with Crippen molar-refractivity contribution in [2.75, 3.05) is 16.8 Å². The maximum absolute atomic E-state index is 13.1. The molecule has 3 rings (SSSR count). The van der Waals surface area contributed by atoms with Crippen LogP contribution in [0.15, 0.2) is 78.9 Å². The summed E-state index contributed by atoms with van der Waals surface area (Å²) in [6, 6.07) is 23.9. The number of nitrogens with one attached hydrogen (secondary N) is 1. The molecule has 0 aliphatic heterocycles. The minimum atomic E-state index is -5.08. The predicted octanol–water partition coefficient (Wildman–Crippen LogP) is 5.19. The van der Waals surface area contributed by atoms with Crippen molar-refractivity contribution in [2.24, 2.45) is 5.73 Å². The molecule has 0 bridgehead atoms. The Bertz CT molecular complexity index is 1200. The summed E-state index contributed by atoms with van der Waals surface area (Å²) >= 11 is 0. The van der Waals surface area contributed by atoms with E-state index in [1.54, 1.807) is 24.3 Å². The van der Waals surface area contributed by atoms with E-state index in [0.717, 1.165) is 5.56 Å². The highest BCUT2D eigenvalue weighted by molar-refractivity contribution is 6.10. The van der Waals surface area contributed by atoms with E-state index >= 15 is 0 Å². The number of amides is 2. The third-order valence-electron chi connectivity index (χ3n) is 5.15. The first-order valence-electron chi connectivity index (χ1n) is 11.3. The second-order valence-corrected chi connectivity index (χ2v) is 8.22. The first kappa shape index (κ1) is 29.1. The van der Waals surface area contributed by atoms with Crippen molar-refractivity contribution in [1.82, 2.24) is 0 Å². The van der Waals surface area contributed by atoms with Crippen LogP contribution in [0.4, 0.5) is 24.5 Å². The molecule has 3 aromatic rings. The first-order chi connectivity index (χ1) is 17.4. The van der Waals surface area contributed by atoms with Crippen molar-refractivity contribution in [3.8, 4) is 0 Å². The van der Waals surface area contributed by atoms with Gasteiger partial charge in [0.15, 0.2) is 0 Å².